The van der Waals surface area contributed by atoms with Crippen LogP contribution in [-0.4, -0.2) is 46.7 Å². The van der Waals surface area contributed by atoms with Crippen molar-refractivity contribution in [2.75, 3.05) is 10.2 Å². The van der Waals surface area contributed by atoms with Gasteiger partial charge >= 0.3 is 0 Å². The number of pyridine rings is 1. The lowest BCUT2D eigenvalue weighted by Gasteiger charge is -2.40. The first-order valence-electron chi connectivity index (χ1n) is 14.6. The van der Waals surface area contributed by atoms with Gasteiger partial charge < -0.3 is 21.3 Å². The zero-order chi connectivity index (χ0) is 27.3. The van der Waals surface area contributed by atoms with Crippen LogP contribution in [0.15, 0.2) is 30.5 Å². The van der Waals surface area contributed by atoms with E-state index in [1.807, 2.05) is 25.1 Å². The maximum atomic E-state index is 13.5. The van der Waals surface area contributed by atoms with Crippen molar-refractivity contribution in [1.29, 1.82) is 0 Å². The fourth-order valence-electron chi connectivity index (χ4n) is 6.73. The number of aryl methyl sites for hydroxylation is 1. The maximum Gasteiger partial charge on any atom is 0.251 e. The summed E-state index contributed by atoms with van der Waals surface area (Å²) in [5, 5.41) is 6.82. The van der Waals surface area contributed by atoms with E-state index in [0.717, 1.165) is 56.3 Å². The average molecular weight is 530 g/mol. The number of hydrogen-bond acceptors (Lipinski definition) is 6. The van der Waals surface area contributed by atoms with E-state index in [0.29, 0.717) is 40.4 Å². The Kier molecular flexibility index (Phi) is 6.81. The largest absolute Gasteiger partial charge is 0.381 e. The van der Waals surface area contributed by atoms with Crippen molar-refractivity contribution in [1.82, 2.24) is 10.3 Å². The Morgan fingerprint density at radius 3 is 2.31 bits per heavy atom. The summed E-state index contributed by atoms with van der Waals surface area (Å²) in [7, 11) is 0. The molecule has 39 heavy (non-hydrogen) atoms. The Morgan fingerprint density at radius 1 is 1.03 bits per heavy atom. The molecule has 4 fully saturated rings. The molecule has 3 atom stereocenters. The van der Waals surface area contributed by atoms with E-state index in [-0.39, 0.29) is 29.7 Å². The molecule has 2 saturated carbocycles. The van der Waals surface area contributed by atoms with Crippen LogP contribution >= 0.6 is 0 Å². The number of piperidine rings is 1. The van der Waals surface area contributed by atoms with E-state index in [1.165, 1.54) is 12.8 Å². The first-order chi connectivity index (χ1) is 18.8. The lowest BCUT2D eigenvalue weighted by atomic mass is 9.95. The number of fused-ring (bicyclic) bond motifs is 2. The summed E-state index contributed by atoms with van der Waals surface area (Å²) in [6.45, 7) is 4.00. The van der Waals surface area contributed by atoms with Gasteiger partial charge in [0.2, 0.25) is 0 Å². The number of Topliss-reactive ketones (excluding diaryl/α,β-unsaturated/α-hetero) is 1. The molecular weight excluding hydrogens is 490 g/mol. The highest BCUT2D eigenvalue weighted by Crippen LogP contribution is 2.40. The molecule has 3 unspecified atom stereocenters. The summed E-state index contributed by atoms with van der Waals surface area (Å²) < 4.78 is 0. The molecule has 8 heteroatoms. The lowest BCUT2D eigenvalue weighted by Crippen LogP contribution is -2.50. The van der Waals surface area contributed by atoms with Gasteiger partial charge in [-0.15, -0.1) is 0 Å². The molecule has 3 heterocycles. The van der Waals surface area contributed by atoms with Crippen LogP contribution in [0.1, 0.15) is 101 Å². The van der Waals surface area contributed by atoms with Gasteiger partial charge in [0.05, 0.1) is 5.56 Å². The molecule has 2 bridgehead atoms. The highest BCUT2D eigenvalue weighted by atomic mass is 16.2. The minimum atomic E-state index is -0.485. The number of nitrogens with zero attached hydrogens (tertiary/aromatic N) is 2. The van der Waals surface area contributed by atoms with E-state index in [4.69, 9.17) is 5.73 Å². The molecule has 2 amide bonds. The molecular formula is C31H39N5O3. The van der Waals surface area contributed by atoms with Gasteiger partial charge in [0.1, 0.15) is 5.82 Å². The average Bonchev–Trinajstić information content (AvgIpc) is 3.84. The number of primary amides is 1. The van der Waals surface area contributed by atoms with Gasteiger partial charge in [-0.1, -0.05) is 6.92 Å². The van der Waals surface area contributed by atoms with Crippen LogP contribution in [0.5, 0.6) is 0 Å². The number of nitrogens with one attached hydrogen (secondary N) is 2. The summed E-state index contributed by atoms with van der Waals surface area (Å²) in [6.07, 6.45) is 10.9. The monoisotopic (exact) mass is 529 g/mol. The van der Waals surface area contributed by atoms with E-state index >= 15 is 0 Å². The van der Waals surface area contributed by atoms with Crippen molar-refractivity contribution in [2.45, 2.75) is 95.8 Å². The SMILES string of the molecule is CCC(Nc1cc(C(=O)NC2CC3CCC(C2)N3c2ccc(C(=O)C3CC3)cn2)c(C)cc1C(N)=O)C1CC1. The van der Waals surface area contributed by atoms with Crippen molar-refractivity contribution < 1.29 is 14.4 Å². The smallest absolute Gasteiger partial charge is 0.251 e. The molecule has 2 aliphatic carbocycles. The van der Waals surface area contributed by atoms with Crippen molar-refractivity contribution >= 4 is 29.1 Å². The highest BCUT2D eigenvalue weighted by molar-refractivity contribution is 6.03. The summed E-state index contributed by atoms with van der Waals surface area (Å²) >= 11 is 0. The van der Waals surface area contributed by atoms with Gasteiger partial charge in [0.25, 0.3) is 11.8 Å². The minimum absolute atomic E-state index is 0.0726. The number of hydrogen-bond donors (Lipinski definition) is 3. The summed E-state index contributed by atoms with van der Waals surface area (Å²) in [4.78, 5) is 45.1. The normalized spacial score (nSPS) is 24.8. The van der Waals surface area contributed by atoms with Crippen molar-refractivity contribution in [3.05, 3.63) is 52.7 Å². The second-order valence-electron chi connectivity index (χ2n) is 12.1. The molecule has 0 spiro atoms. The van der Waals surface area contributed by atoms with Gasteiger partial charge in [-0.2, -0.15) is 0 Å². The van der Waals surface area contributed by atoms with E-state index < -0.39 is 5.91 Å². The molecule has 8 nitrogen and oxygen atoms in total. The molecule has 1 aromatic heterocycles. The summed E-state index contributed by atoms with van der Waals surface area (Å²) in [5.41, 5.74) is 8.83. The lowest BCUT2D eigenvalue weighted by molar-refractivity contribution is 0.0923. The quantitative estimate of drug-likeness (QED) is 0.387. The molecule has 2 saturated heterocycles. The highest BCUT2D eigenvalue weighted by Gasteiger charge is 2.42. The molecule has 1 aromatic carbocycles. The Bertz CT molecular complexity index is 1270. The second kappa shape index (κ2) is 10.3. The maximum absolute atomic E-state index is 13.5. The number of aromatic nitrogens is 1. The molecule has 0 radical (unpaired) electrons. The van der Waals surface area contributed by atoms with Crippen molar-refractivity contribution in [3.63, 3.8) is 0 Å². The number of anilines is 2. The fraction of sp³-hybridized carbons (Fsp3) is 0.548. The van der Waals surface area contributed by atoms with Crippen LogP contribution in [0.25, 0.3) is 0 Å². The van der Waals surface area contributed by atoms with Gasteiger partial charge in [0.15, 0.2) is 5.78 Å². The first kappa shape index (κ1) is 25.8. The first-order valence-corrected chi connectivity index (χ1v) is 14.6. The number of benzene rings is 1. The zero-order valence-electron chi connectivity index (χ0n) is 22.9. The topological polar surface area (TPSA) is 117 Å². The van der Waals surface area contributed by atoms with Gasteiger partial charge in [-0.05, 0) is 100 Å². The van der Waals surface area contributed by atoms with Crippen LogP contribution in [0.4, 0.5) is 11.5 Å². The summed E-state index contributed by atoms with van der Waals surface area (Å²) in [6, 6.07) is 8.44. The minimum Gasteiger partial charge on any atom is -0.381 e. The number of carbonyl (C=O) groups is 3. The second-order valence-corrected chi connectivity index (χ2v) is 12.1. The standard InChI is InChI=1S/C31H39N5O3/c1-3-26(18-4-5-18)35-27-15-24(17(2)12-25(27)30(32)38)31(39)34-21-13-22-9-10-23(14-21)36(22)28-11-8-20(16-33-28)29(37)19-6-7-19/h8,11-12,15-16,18-19,21-23,26,35H,3-7,9-10,13-14H2,1-2H3,(H2,32,38)(H,34,39). The third-order valence-electron chi connectivity index (χ3n) is 9.16. The molecule has 2 aromatic rings. The van der Waals surface area contributed by atoms with Gasteiger partial charge in [-0.25, -0.2) is 4.98 Å². The number of nitrogens with two attached hydrogens (primary N) is 1. The number of amides is 2. The van der Waals surface area contributed by atoms with Crippen LogP contribution in [-0.2, 0) is 0 Å². The van der Waals surface area contributed by atoms with Crippen LogP contribution < -0.4 is 21.3 Å². The Labute approximate surface area is 230 Å². The Morgan fingerprint density at radius 2 is 1.74 bits per heavy atom. The van der Waals surface area contributed by atoms with Crippen molar-refractivity contribution in [2.24, 2.45) is 17.6 Å². The molecule has 4 N–H and O–H groups in total. The van der Waals surface area contributed by atoms with Gasteiger partial charge in [0, 0.05) is 53.1 Å². The van der Waals surface area contributed by atoms with Gasteiger partial charge in [-0.3, -0.25) is 14.4 Å². The number of carbonyl (C=O) groups excluding carboxylic acids is 3. The van der Waals surface area contributed by atoms with E-state index in [1.54, 1.807) is 12.3 Å². The van der Waals surface area contributed by atoms with Crippen LogP contribution in [0, 0.1) is 18.8 Å². The molecule has 6 rings (SSSR count). The number of rotatable bonds is 10. The van der Waals surface area contributed by atoms with E-state index in [2.05, 4.69) is 27.4 Å². The molecule has 4 aliphatic rings. The molecule has 2 aliphatic heterocycles. The predicted octanol–water partition coefficient (Wildman–Crippen LogP) is 4.61. The third-order valence-corrected chi connectivity index (χ3v) is 9.16. The summed E-state index contributed by atoms with van der Waals surface area (Å²) in [5.74, 6) is 1.36. The zero-order valence-corrected chi connectivity index (χ0v) is 22.9. The predicted molar refractivity (Wildman–Crippen MR) is 151 cm³/mol. The van der Waals surface area contributed by atoms with Crippen LogP contribution in [0.2, 0.25) is 0 Å². The van der Waals surface area contributed by atoms with E-state index in [9.17, 15) is 14.4 Å². The van der Waals surface area contributed by atoms with Crippen molar-refractivity contribution in [3.8, 4) is 0 Å². The van der Waals surface area contributed by atoms with Crippen LogP contribution in [0.3, 0.4) is 0 Å². The fourth-order valence-corrected chi connectivity index (χ4v) is 6.73. The Balaban J connectivity index is 1.14. The molecule has 206 valence electrons. The Hall–Kier alpha value is -3.42. The number of ketones is 1. The third kappa shape index (κ3) is 5.25.